The van der Waals surface area contributed by atoms with Crippen molar-refractivity contribution in [3.05, 3.63) is 24.2 Å². The van der Waals surface area contributed by atoms with Gasteiger partial charge in [-0.15, -0.1) is 0 Å². The standard InChI is InChI=1S/C11H16N2O2/c14-11(10-5-3-7-15-10)13-9-4-1-2-6-12-8-9/h3,5,7,9,12H,1-2,4,6,8H2,(H,13,14). The van der Waals surface area contributed by atoms with Gasteiger partial charge in [0.05, 0.1) is 6.26 Å². The topological polar surface area (TPSA) is 54.3 Å². The lowest BCUT2D eigenvalue weighted by molar-refractivity contribution is 0.0907. The number of carbonyl (C=O) groups is 1. The average Bonchev–Trinajstić information content (AvgIpc) is 2.65. The number of hydrogen-bond donors (Lipinski definition) is 2. The Morgan fingerprint density at radius 3 is 3.27 bits per heavy atom. The molecule has 1 atom stereocenters. The van der Waals surface area contributed by atoms with E-state index in [4.69, 9.17) is 4.42 Å². The van der Waals surface area contributed by atoms with Crippen LogP contribution in [0.1, 0.15) is 29.8 Å². The van der Waals surface area contributed by atoms with Crippen LogP contribution in [-0.4, -0.2) is 25.0 Å². The lowest BCUT2D eigenvalue weighted by Gasteiger charge is -2.15. The summed E-state index contributed by atoms with van der Waals surface area (Å²) in [6.45, 7) is 1.90. The molecule has 2 heterocycles. The van der Waals surface area contributed by atoms with Crippen LogP contribution in [0.4, 0.5) is 0 Å². The van der Waals surface area contributed by atoms with E-state index in [1.807, 2.05) is 0 Å². The minimum Gasteiger partial charge on any atom is -0.459 e. The summed E-state index contributed by atoms with van der Waals surface area (Å²) < 4.78 is 5.04. The number of furan rings is 1. The maximum Gasteiger partial charge on any atom is 0.287 e. The zero-order valence-corrected chi connectivity index (χ0v) is 8.66. The van der Waals surface area contributed by atoms with Crippen LogP contribution in [-0.2, 0) is 0 Å². The third kappa shape index (κ3) is 2.83. The molecule has 1 fully saturated rings. The highest BCUT2D eigenvalue weighted by atomic mass is 16.3. The molecule has 0 spiro atoms. The molecule has 2 N–H and O–H groups in total. The van der Waals surface area contributed by atoms with Crippen LogP contribution in [0.15, 0.2) is 22.8 Å². The molecule has 0 aliphatic carbocycles. The molecule has 1 saturated heterocycles. The van der Waals surface area contributed by atoms with Gasteiger partial charge in [-0.2, -0.15) is 0 Å². The van der Waals surface area contributed by atoms with Crippen LogP contribution >= 0.6 is 0 Å². The molecule has 0 radical (unpaired) electrons. The van der Waals surface area contributed by atoms with Gasteiger partial charge < -0.3 is 15.1 Å². The molecular formula is C11H16N2O2. The van der Waals surface area contributed by atoms with Crippen LogP contribution in [0.5, 0.6) is 0 Å². The van der Waals surface area contributed by atoms with Gasteiger partial charge in [0.1, 0.15) is 0 Å². The highest BCUT2D eigenvalue weighted by Crippen LogP contribution is 2.06. The van der Waals surface area contributed by atoms with E-state index in [2.05, 4.69) is 10.6 Å². The van der Waals surface area contributed by atoms with Crippen molar-refractivity contribution in [3.8, 4) is 0 Å². The summed E-state index contributed by atoms with van der Waals surface area (Å²) in [4.78, 5) is 11.7. The van der Waals surface area contributed by atoms with E-state index >= 15 is 0 Å². The number of amides is 1. The number of rotatable bonds is 2. The van der Waals surface area contributed by atoms with E-state index in [1.54, 1.807) is 12.1 Å². The second-order valence-electron chi connectivity index (χ2n) is 3.85. The SMILES string of the molecule is O=C(NC1CCCCNC1)c1ccco1. The van der Waals surface area contributed by atoms with Crippen molar-refractivity contribution < 1.29 is 9.21 Å². The molecule has 82 valence electrons. The third-order valence-electron chi connectivity index (χ3n) is 2.63. The Bertz CT molecular complexity index is 300. The molecule has 4 nitrogen and oxygen atoms in total. The smallest absolute Gasteiger partial charge is 0.287 e. The van der Waals surface area contributed by atoms with E-state index in [-0.39, 0.29) is 11.9 Å². The molecule has 1 aromatic heterocycles. The van der Waals surface area contributed by atoms with Gasteiger partial charge in [-0.1, -0.05) is 6.42 Å². The normalized spacial score (nSPS) is 22.0. The highest BCUT2D eigenvalue weighted by molar-refractivity contribution is 5.91. The van der Waals surface area contributed by atoms with Gasteiger partial charge in [0, 0.05) is 12.6 Å². The summed E-state index contributed by atoms with van der Waals surface area (Å²) in [6, 6.07) is 3.63. The molecule has 2 rings (SSSR count). The van der Waals surface area contributed by atoms with Gasteiger partial charge in [-0.05, 0) is 31.5 Å². The highest BCUT2D eigenvalue weighted by Gasteiger charge is 2.16. The van der Waals surface area contributed by atoms with Gasteiger partial charge in [-0.3, -0.25) is 4.79 Å². The van der Waals surface area contributed by atoms with Crippen LogP contribution < -0.4 is 10.6 Å². The first kappa shape index (κ1) is 10.2. The second kappa shape index (κ2) is 4.98. The van der Waals surface area contributed by atoms with E-state index in [1.165, 1.54) is 12.7 Å². The van der Waals surface area contributed by atoms with Crippen LogP contribution in [0, 0.1) is 0 Å². The van der Waals surface area contributed by atoms with Crippen molar-refractivity contribution in [1.29, 1.82) is 0 Å². The van der Waals surface area contributed by atoms with Crippen molar-refractivity contribution in [2.75, 3.05) is 13.1 Å². The Morgan fingerprint density at radius 2 is 2.47 bits per heavy atom. The predicted molar refractivity (Wildman–Crippen MR) is 56.7 cm³/mol. The van der Waals surface area contributed by atoms with Crippen LogP contribution in [0.2, 0.25) is 0 Å². The molecule has 1 unspecified atom stereocenters. The lowest BCUT2D eigenvalue weighted by Crippen LogP contribution is -2.40. The number of carbonyl (C=O) groups excluding carboxylic acids is 1. The zero-order chi connectivity index (χ0) is 10.5. The molecule has 1 amide bonds. The summed E-state index contributed by atoms with van der Waals surface area (Å²) in [7, 11) is 0. The molecule has 1 aromatic rings. The molecule has 0 aromatic carbocycles. The third-order valence-corrected chi connectivity index (χ3v) is 2.63. The van der Waals surface area contributed by atoms with Crippen LogP contribution in [0.25, 0.3) is 0 Å². The summed E-state index contributed by atoms with van der Waals surface area (Å²) in [5.74, 6) is 0.271. The lowest BCUT2D eigenvalue weighted by atomic mass is 10.1. The second-order valence-corrected chi connectivity index (χ2v) is 3.85. The van der Waals surface area contributed by atoms with Crippen molar-refractivity contribution in [1.82, 2.24) is 10.6 Å². The van der Waals surface area contributed by atoms with E-state index in [0.29, 0.717) is 5.76 Å². The zero-order valence-electron chi connectivity index (χ0n) is 8.66. The molecule has 0 saturated carbocycles. The summed E-state index contributed by atoms with van der Waals surface area (Å²) in [5.41, 5.74) is 0. The van der Waals surface area contributed by atoms with Gasteiger partial charge >= 0.3 is 0 Å². The largest absolute Gasteiger partial charge is 0.459 e. The fourth-order valence-corrected chi connectivity index (χ4v) is 1.81. The molecule has 0 bridgehead atoms. The van der Waals surface area contributed by atoms with E-state index < -0.39 is 0 Å². The van der Waals surface area contributed by atoms with E-state index in [9.17, 15) is 4.79 Å². The number of hydrogen-bond acceptors (Lipinski definition) is 3. The first-order valence-electron chi connectivity index (χ1n) is 5.41. The van der Waals surface area contributed by atoms with Crippen molar-refractivity contribution in [2.24, 2.45) is 0 Å². The molecule has 1 aliphatic rings. The molecule has 1 aliphatic heterocycles. The van der Waals surface area contributed by atoms with Gasteiger partial charge in [0.15, 0.2) is 5.76 Å². The maximum absolute atomic E-state index is 11.7. The average molecular weight is 208 g/mol. The van der Waals surface area contributed by atoms with Crippen molar-refractivity contribution in [2.45, 2.75) is 25.3 Å². The molecule has 4 heteroatoms. The molecule has 15 heavy (non-hydrogen) atoms. The summed E-state index contributed by atoms with van der Waals surface area (Å²) in [5, 5.41) is 6.27. The van der Waals surface area contributed by atoms with Gasteiger partial charge in [-0.25, -0.2) is 0 Å². The summed E-state index contributed by atoms with van der Waals surface area (Å²) >= 11 is 0. The fourth-order valence-electron chi connectivity index (χ4n) is 1.81. The van der Waals surface area contributed by atoms with Crippen molar-refractivity contribution in [3.63, 3.8) is 0 Å². The minimum atomic E-state index is -0.117. The number of nitrogens with one attached hydrogen (secondary N) is 2. The quantitative estimate of drug-likeness (QED) is 0.766. The van der Waals surface area contributed by atoms with Gasteiger partial charge in [0.25, 0.3) is 5.91 Å². The summed E-state index contributed by atoms with van der Waals surface area (Å²) in [6.07, 6.45) is 4.91. The Morgan fingerprint density at radius 1 is 1.53 bits per heavy atom. The Hall–Kier alpha value is -1.29. The van der Waals surface area contributed by atoms with Crippen LogP contribution in [0.3, 0.4) is 0 Å². The first-order chi connectivity index (χ1) is 7.36. The first-order valence-corrected chi connectivity index (χ1v) is 5.41. The maximum atomic E-state index is 11.7. The Labute approximate surface area is 89.0 Å². The van der Waals surface area contributed by atoms with Crippen molar-refractivity contribution >= 4 is 5.91 Å². The predicted octanol–water partition coefficient (Wildman–Crippen LogP) is 1.15. The minimum absolute atomic E-state index is 0.117. The Kier molecular flexibility index (Phi) is 3.40. The van der Waals surface area contributed by atoms with Gasteiger partial charge in [0.2, 0.25) is 0 Å². The van der Waals surface area contributed by atoms with E-state index in [0.717, 1.165) is 25.9 Å². The Balaban J connectivity index is 1.87. The molecular weight excluding hydrogens is 192 g/mol. The fraction of sp³-hybridized carbons (Fsp3) is 0.545. The monoisotopic (exact) mass is 208 g/mol.